The van der Waals surface area contributed by atoms with E-state index in [2.05, 4.69) is 66.6 Å². The Morgan fingerprint density at radius 3 is 2.33 bits per heavy atom. The van der Waals surface area contributed by atoms with E-state index in [1.807, 2.05) is 0 Å². The minimum atomic E-state index is 0. The topological polar surface area (TPSA) is 48.9 Å². The molecule has 6 heteroatoms. The van der Waals surface area contributed by atoms with Gasteiger partial charge in [-0.3, -0.25) is 9.89 Å². The zero-order chi connectivity index (χ0) is 19.0. The second-order valence-corrected chi connectivity index (χ2v) is 6.35. The lowest BCUT2D eigenvalue weighted by atomic mass is 10.1. The minimum absolute atomic E-state index is 0. The SMILES string of the molecule is CCNC(=NCC(c1ccccc1)N(CC)CC)NCCCCCOC.I. The van der Waals surface area contributed by atoms with Crippen LogP contribution >= 0.6 is 24.0 Å². The van der Waals surface area contributed by atoms with Gasteiger partial charge in [0.05, 0.1) is 12.6 Å². The molecule has 0 spiro atoms. The zero-order valence-electron chi connectivity index (χ0n) is 17.5. The van der Waals surface area contributed by atoms with Gasteiger partial charge in [-0.2, -0.15) is 0 Å². The summed E-state index contributed by atoms with van der Waals surface area (Å²) in [6.07, 6.45) is 3.42. The van der Waals surface area contributed by atoms with Gasteiger partial charge >= 0.3 is 0 Å². The first-order valence-electron chi connectivity index (χ1n) is 10.1. The third-order valence-electron chi connectivity index (χ3n) is 4.52. The first-order chi connectivity index (χ1) is 12.8. The highest BCUT2D eigenvalue weighted by Crippen LogP contribution is 2.20. The standard InChI is InChI=1S/C21H38N4O.HI/c1-5-22-21(23-16-12-9-13-17-26-4)24-18-20(25(6-2)7-3)19-14-10-8-11-15-19;/h8,10-11,14-15,20H,5-7,9,12-13,16-18H2,1-4H3,(H2,22,23,24);1H. The van der Waals surface area contributed by atoms with Gasteiger partial charge in [0.2, 0.25) is 0 Å². The molecular weight excluding hydrogens is 451 g/mol. The summed E-state index contributed by atoms with van der Waals surface area (Å²) in [6.45, 7) is 12.0. The van der Waals surface area contributed by atoms with Crippen LogP contribution in [0.25, 0.3) is 0 Å². The quantitative estimate of drug-likeness (QED) is 0.190. The maximum atomic E-state index is 5.10. The first kappa shape index (κ1) is 26.1. The number of ether oxygens (including phenoxy) is 1. The Morgan fingerprint density at radius 1 is 1.04 bits per heavy atom. The maximum Gasteiger partial charge on any atom is 0.191 e. The Bertz CT molecular complexity index is 480. The number of likely N-dealkylation sites (N-methyl/N-ethyl adjacent to an activating group) is 1. The van der Waals surface area contributed by atoms with Crippen molar-refractivity contribution in [2.45, 2.75) is 46.1 Å². The largest absolute Gasteiger partial charge is 0.385 e. The number of benzene rings is 1. The van der Waals surface area contributed by atoms with Crippen LogP contribution in [0.1, 0.15) is 51.6 Å². The molecule has 2 N–H and O–H groups in total. The molecule has 156 valence electrons. The molecule has 0 radical (unpaired) electrons. The minimum Gasteiger partial charge on any atom is -0.385 e. The van der Waals surface area contributed by atoms with E-state index in [0.29, 0.717) is 6.04 Å². The summed E-state index contributed by atoms with van der Waals surface area (Å²) in [4.78, 5) is 7.33. The fourth-order valence-electron chi connectivity index (χ4n) is 3.05. The van der Waals surface area contributed by atoms with Crippen molar-refractivity contribution in [1.29, 1.82) is 0 Å². The highest BCUT2D eigenvalue weighted by atomic mass is 127. The van der Waals surface area contributed by atoms with Gasteiger partial charge in [-0.05, 0) is 44.8 Å². The molecule has 0 aliphatic heterocycles. The molecule has 1 atom stereocenters. The summed E-state index contributed by atoms with van der Waals surface area (Å²) in [7, 11) is 1.76. The fraction of sp³-hybridized carbons (Fsp3) is 0.667. The summed E-state index contributed by atoms with van der Waals surface area (Å²) >= 11 is 0. The number of hydrogen-bond donors (Lipinski definition) is 2. The van der Waals surface area contributed by atoms with Crippen LogP contribution in [-0.2, 0) is 4.74 Å². The molecule has 0 amide bonds. The molecule has 27 heavy (non-hydrogen) atoms. The number of nitrogens with one attached hydrogen (secondary N) is 2. The third kappa shape index (κ3) is 10.9. The van der Waals surface area contributed by atoms with E-state index in [9.17, 15) is 0 Å². The molecule has 0 fully saturated rings. The van der Waals surface area contributed by atoms with Gasteiger partial charge < -0.3 is 15.4 Å². The van der Waals surface area contributed by atoms with Crippen molar-refractivity contribution < 1.29 is 4.74 Å². The average molecular weight is 490 g/mol. The van der Waals surface area contributed by atoms with Gasteiger partial charge in [-0.15, -0.1) is 24.0 Å². The van der Waals surface area contributed by atoms with Crippen LogP contribution in [0.2, 0.25) is 0 Å². The van der Waals surface area contributed by atoms with E-state index in [4.69, 9.17) is 9.73 Å². The highest BCUT2D eigenvalue weighted by molar-refractivity contribution is 14.0. The Kier molecular flexibility index (Phi) is 16.7. The van der Waals surface area contributed by atoms with Crippen molar-refractivity contribution in [1.82, 2.24) is 15.5 Å². The lowest BCUT2D eigenvalue weighted by Crippen LogP contribution is -2.39. The van der Waals surface area contributed by atoms with Crippen molar-refractivity contribution in [3.05, 3.63) is 35.9 Å². The summed E-state index contributed by atoms with van der Waals surface area (Å²) in [5, 5.41) is 6.82. The van der Waals surface area contributed by atoms with E-state index < -0.39 is 0 Å². The molecule has 5 nitrogen and oxygen atoms in total. The summed E-state index contributed by atoms with van der Waals surface area (Å²) in [6, 6.07) is 11.0. The smallest absolute Gasteiger partial charge is 0.191 e. The monoisotopic (exact) mass is 490 g/mol. The molecule has 0 bridgehead atoms. The van der Waals surface area contributed by atoms with Gasteiger partial charge in [-0.1, -0.05) is 44.2 Å². The molecule has 1 aromatic rings. The summed E-state index contributed by atoms with van der Waals surface area (Å²) in [5.41, 5.74) is 1.33. The number of guanidine groups is 1. The van der Waals surface area contributed by atoms with Crippen LogP contribution in [-0.4, -0.2) is 57.3 Å². The Morgan fingerprint density at radius 2 is 1.74 bits per heavy atom. The number of aliphatic imine (C=N–C) groups is 1. The number of hydrogen-bond acceptors (Lipinski definition) is 3. The number of methoxy groups -OCH3 is 1. The summed E-state index contributed by atoms with van der Waals surface area (Å²) in [5.74, 6) is 0.910. The van der Waals surface area contributed by atoms with E-state index in [1.54, 1.807) is 7.11 Å². The van der Waals surface area contributed by atoms with Crippen LogP contribution in [0.5, 0.6) is 0 Å². The van der Waals surface area contributed by atoms with E-state index in [1.165, 1.54) is 12.0 Å². The van der Waals surface area contributed by atoms with Gasteiger partial charge in [0.1, 0.15) is 0 Å². The fourth-order valence-corrected chi connectivity index (χ4v) is 3.05. The lowest BCUT2D eigenvalue weighted by molar-refractivity contribution is 0.192. The first-order valence-corrected chi connectivity index (χ1v) is 10.1. The number of rotatable bonds is 13. The molecule has 0 saturated heterocycles. The number of unbranched alkanes of at least 4 members (excludes halogenated alkanes) is 2. The molecule has 0 aliphatic rings. The number of nitrogens with zero attached hydrogens (tertiary/aromatic N) is 2. The van der Waals surface area contributed by atoms with Crippen molar-refractivity contribution in [2.75, 3.05) is 46.4 Å². The average Bonchev–Trinajstić information content (AvgIpc) is 2.68. The summed E-state index contributed by atoms with van der Waals surface area (Å²) < 4.78 is 5.10. The second-order valence-electron chi connectivity index (χ2n) is 6.35. The maximum absolute atomic E-state index is 5.10. The number of halogens is 1. The highest BCUT2D eigenvalue weighted by Gasteiger charge is 2.17. The Balaban J connectivity index is 0.00000676. The van der Waals surface area contributed by atoms with Crippen molar-refractivity contribution in [2.24, 2.45) is 4.99 Å². The third-order valence-corrected chi connectivity index (χ3v) is 4.52. The zero-order valence-corrected chi connectivity index (χ0v) is 19.9. The molecule has 0 saturated carbocycles. The molecule has 0 heterocycles. The van der Waals surface area contributed by atoms with Gasteiger partial charge in [0.15, 0.2) is 5.96 Å². The van der Waals surface area contributed by atoms with Crippen molar-refractivity contribution >= 4 is 29.9 Å². The lowest BCUT2D eigenvalue weighted by Gasteiger charge is -2.29. The van der Waals surface area contributed by atoms with Gasteiger partial charge in [0, 0.05) is 26.8 Å². The van der Waals surface area contributed by atoms with Crippen LogP contribution in [0.15, 0.2) is 35.3 Å². The molecular formula is C21H39IN4O. The van der Waals surface area contributed by atoms with E-state index in [0.717, 1.165) is 58.1 Å². The Hall–Kier alpha value is -0.860. The molecule has 0 aromatic heterocycles. The van der Waals surface area contributed by atoms with Crippen molar-refractivity contribution in [3.63, 3.8) is 0 Å². The van der Waals surface area contributed by atoms with Gasteiger partial charge in [0.25, 0.3) is 0 Å². The Labute approximate surface area is 183 Å². The molecule has 1 rings (SSSR count). The van der Waals surface area contributed by atoms with E-state index in [-0.39, 0.29) is 24.0 Å². The normalized spacial score (nSPS) is 12.6. The van der Waals surface area contributed by atoms with Crippen LogP contribution < -0.4 is 10.6 Å². The predicted octanol–water partition coefficient (Wildman–Crippen LogP) is 4.06. The van der Waals surface area contributed by atoms with Crippen LogP contribution in [0.4, 0.5) is 0 Å². The van der Waals surface area contributed by atoms with Gasteiger partial charge in [-0.25, -0.2) is 0 Å². The van der Waals surface area contributed by atoms with Crippen LogP contribution in [0.3, 0.4) is 0 Å². The molecule has 1 unspecified atom stereocenters. The van der Waals surface area contributed by atoms with Crippen LogP contribution in [0, 0.1) is 0 Å². The van der Waals surface area contributed by atoms with E-state index >= 15 is 0 Å². The predicted molar refractivity (Wildman–Crippen MR) is 127 cm³/mol. The molecule has 0 aliphatic carbocycles. The second kappa shape index (κ2) is 17.3. The van der Waals surface area contributed by atoms with Crippen molar-refractivity contribution in [3.8, 4) is 0 Å². The molecule has 1 aromatic carbocycles.